The number of nitrogens with one attached hydrogen (secondary N) is 1. The van der Waals surface area contributed by atoms with Crippen LogP contribution < -0.4 is 5.32 Å². The van der Waals surface area contributed by atoms with Gasteiger partial charge in [0, 0.05) is 24.2 Å². The number of aromatic nitrogens is 1. The van der Waals surface area contributed by atoms with E-state index in [9.17, 15) is 19.2 Å². The summed E-state index contributed by atoms with van der Waals surface area (Å²) in [5.74, 6) is -0.841. The van der Waals surface area contributed by atoms with Crippen molar-refractivity contribution in [2.75, 3.05) is 26.2 Å². The van der Waals surface area contributed by atoms with Crippen LogP contribution in [0.1, 0.15) is 47.4 Å². The summed E-state index contributed by atoms with van der Waals surface area (Å²) in [6, 6.07) is 13.4. The normalized spacial score (nSPS) is 15.5. The standard InChI is InChI=1S/C27H30N4O4S/c1-18(2)13-23(29-25(33)20-9-10-22-24(14-20)36-17-28-22)27(35)31-12-6-11-30(15-21(32)16-31)26(34)19-7-4-3-5-8-19/h3-5,7-10,14,17-18,23H,6,11-13,15-16H2,1-2H3,(H,29,33)/t23-/m0/s1. The van der Waals surface area contributed by atoms with Gasteiger partial charge < -0.3 is 15.1 Å². The number of nitrogens with zero attached hydrogens (tertiary/aromatic N) is 3. The van der Waals surface area contributed by atoms with Crippen LogP contribution in [0.5, 0.6) is 0 Å². The zero-order chi connectivity index (χ0) is 25.7. The van der Waals surface area contributed by atoms with Gasteiger partial charge in [-0.1, -0.05) is 32.0 Å². The lowest BCUT2D eigenvalue weighted by Crippen LogP contribution is -2.53. The van der Waals surface area contributed by atoms with Crippen molar-refractivity contribution >= 4 is 45.1 Å². The molecule has 0 bridgehead atoms. The van der Waals surface area contributed by atoms with Gasteiger partial charge in [-0.15, -0.1) is 11.3 Å². The highest BCUT2D eigenvalue weighted by Gasteiger charge is 2.31. The molecular weight excluding hydrogens is 476 g/mol. The van der Waals surface area contributed by atoms with Gasteiger partial charge >= 0.3 is 0 Å². The molecule has 2 aromatic carbocycles. The summed E-state index contributed by atoms with van der Waals surface area (Å²) in [4.78, 5) is 59.4. The molecule has 9 heteroatoms. The summed E-state index contributed by atoms with van der Waals surface area (Å²) < 4.78 is 0.901. The molecule has 1 fully saturated rings. The second kappa shape index (κ2) is 11.4. The van der Waals surface area contributed by atoms with Crippen LogP contribution in [0, 0.1) is 5.92 Å². The van der Waals surface area contributed by atoms with E-state index in [-0.39, 0.29) is 42.5 Å². The number of ketones is 1. The van der Waals surface area contributed by atoms with E-state index in [1.807, 2.05) is 19.9 Å². The third kappa shape index (κ3) is 6.15. The maximum atomic E-state index is 13.5. The number of benzene rings is 2. The first-order valence-corrected chi connectivity index (χ1v) is 13.0. The Bertz CT molecular complexity index is 1260. The average Bonchev–Trinajstić information content (AvgIpc) is 3.33. The molecule has 1 atom stereocenters. The Hall–Kier alpha value is -3.59. The third-order valence-corrected chi connectivity index (χ3v) is 6.91. The van der Waals surface area contributed by atoms with Gasteiger partial charge in [-0.25, -0.2) is 4.98 Å². The van der Waals surface area contributed by atoms with Crippen LogP contribution in [0.15, 0.2) is 54.0 Å². The van der Waals surface area contributed by atoms with Crippen molar-refractivity contribution in [1.29, 1.82) is 0 Å². The largest absolute Gasteiger partial charge is 0.340 e. The Balaban J connectivity index is 1.43. The minimum Gasteiger partial charge on any atom is -0.340 e. The van der Waals surface area contributed by atoms with Gasteiger partial charge in [0.15, 0.2) is 5.78 Å². The lowest BCUT2D eigenvalue weighted by molar-refractivity contribution is -0.138. The maximum Gasteiger partial charge on any atom is 0.254 e. The molecule has 4 rings (SSSR count). The fraction of sp³-hybridized carbons (Fsp3) is 0.370. The highest BCUT2D eigenvalue weighted by Crippen LogP contribution is 2.20. The zero-order valence-corrected chi connectivity index (χ0v) is 21.3. The quantitative estimate of drug-likeness (QED) is 0.553. The fourth-order valence-electron chi connectivity index (χ4n) is 4.36. The summed E-state index contributed by atoms with van der Waals surface area (Å²) in [5, 5.41) is 2.90. The first-order valence-electron chi connectivity index (χ1n) is 12.1. The molecule has 0 spiro atoms. The van der Waals surface area contributed by atoms with E-state index < -0.39 is 6.04 Å². The van der Waals surface area contributed by atoms with E-state index in [4.69, 9.17) is 0 Å². The maximum absolute atomic E-state index is 13.5. The highest BCUT2D eigenvalue weighted by atomic mass is 32.1. The number of rotatable bonds is 6. The summed E-state index contributed by atoms with van der Waals surface area (Å²) in [6.07, 6.45) is 0.999. The summed E-state index contributed by atoms with van der Waals surface area (Å²) >= 11 is 1.45. The molecule has 188 valence electrons. The van der Waals surface area contributed by atoms with Gasteiger partial charge in [-0.05, 0) is 49.1 Å². The molecule has 36 heavy (non-hydrogen) atoms. The van der Waals surface area contributed by atoms with Crippen molar-refractivity contribution in [2.24, 2.45) is 5.92 Å². The van der Waals surface area contributed by atoms with Crippen LogP contribution in [0.2, 0.25) is 0 Å². The summed E-state index contributed by atoms with van der Waals surface area (Å²) in [7, 11) is 0. The second-order valence-electron chi connectivity index (χ2n) is 9.44. The minimum absolute atomic E-state index is 0.0480. The van der Waals surface area contributed by atoms with E-state index in [2.05, 4.69) is 10.3 Å². The van der Waals surface area contributed by atoms with E-state index in [1.165, 1.54) is 16.2 Å². The number of Topliss-reactive ketones (excluding diaryl/α,β-unsaturated/α-hetero) is 1. The number of hydrogen-bond acceptors (Lipinski definition) is 6. The average molecular weight is 507 g/mol. The molecule has 1 aliphatic rings. The van der Waals surface area contributed by atoms with Gasteiger partial charge in [-0.2, -0.15) is 0 Å². The molecule has 0 unspecified atom stereocenters. The lowest BCUT2D eigenvalue weighted by Gasteiger charge is -2.32. The summed E-state index contributed by atoms with van der Waals surface area (Å²) in [6.45, 7) is 4.55. The van der Waals surface area contributed by atoms with Crippen LogP contribution in [-0.4, -0.2) is 70.5 Å². The van der Waals surface area contributed by atoms with Crippen molar-refractivity contribution in [2.45, 2.75) is 32.7 Å². The number of thiazole rings is 1. The SMILES string of the molecule is CC(C)C[C@H](NC(=O)c1ccc2ncsc2c1)C(=O)N1CCCN(C(=O)c2ccccc2)CC(=O)C1. The smallest absolute Gasteiger partial charge is 0.254 e. The molecule has 3 amide bonds. The first kappa shape index (κ1) is 25.5. The van der Waals surface area contributed by atoms with E-state index in [0.717, 1.165) is 10.2 Å². The Morgan fingerprint density at radius 3 is 2.47 bits per heavy atom. The zero-order valence-electron chi connectivity index (χ0n) is 20.5. The first-order chi connectivity index (χ1) is 17.3. The second-order valence-corrected chi connectivity index (χ2v) is 10.3. The number of carbonyl (C=O) groups excluding carboxylic acids is 4. The lowest BCUT2D eigenvalue weighted by atomic mass is 10.0. The highest BCUT2D eigenvalue weighted by molar-refractivity contribution is 7.16. The van der Waals surface area contributed by atoms with Crippen LogP contribution in [0.25, 0.3) is 10.2 Å². The monoisotopic (exact) mass is 506 g/mol. The molecule has 8 nitrogen and oxygen atoms in total. The van der Waals surface area contributed by atoms with Crippen LogP contribution >= 0.6 is 11.3 Å². The topological polar surface area (TPSA) is 99.7 Å². The Morgan fingerprint density at radius 1 is 1.00 bits per heavy atom. The molecule has 0 aliphatic carbocycles. The number of hydrogen-bond donors (Lipinski definition) is 1. The molecule has 1 N–H and O–H groups in total. The molecule has 2 heterocycles. The number of amides is 3. The molecule has 3 aromatic rings. The fourth-order valence-corrected chi connectivity index (χ4v) is 5.08. The Kier molecular flexibility index (Phi) is 8.10. The Labute approximate surface area is 214 Å². The van der Waals surface area contributed by atoms with E-state index >= 15 is 0 Å². The van der Waals surface area contributed by atoms with Crippen molar-refractivity contribution < 1.29 is 19.2 Å². The molecule has 1 saturated heterocycles. The minimum atomic E-state index is -0.746. The number of fused-ring (bicyclic) bond motifs is 1. The van der Waals surface area contributed by atoms with Crippen LogP contribution in [0.4, 0.5) is 0 Å². The predicted molar refractivity (Wildman–Crippen MR) is 139 cm³/mol. The van der Waals surface area contributed by atoms with Crippen molar-refractivity contribution in [3.8, 4) is 0 Å². The van der Waals surface area contributed by atoms with Crippen molar-refractivity contribution in [3.05, 3.63) is 65.2 Å². The molecule has 1 aliphatic heterocycles. The molecule has 1 aromatic heterocycles. The van der Waals surface area contributed by atoms with Crippen LogP contribution in [-0.2, 0) is 9.59 Å². The number of carbonyl (C=O) groups is 4. The van der Waals surface area contributed by atoms with Gasteiger partial charge in [0.05, 0.1) is 28.8 Å². The van der Waals surface area contributed by atoms with E-state index in [1.54, 1.807) is 52.9 Å². The van der Waals surface area contributed by atoms with Gasteiger partial charge in [-0.3, -0.25) is 19.2 Å². The predicted octanol–water partition coefficient (Wildman–Crippen LogP) is 3.38. The van der Waals surface area contributed by atoms with Gasteiger partial charge in [0.25, 0.3) is 11.8 Å². The molecular formula is C27H30N4O4S. The van der Waals surface area contributed by atoms with Gasteiger partial charge in [0.2, 0.25) is 5.91 Å². The van der Waals surface area contributed by atoms with Crippen molar-refractivity contribution in [3.63, 3.8) is 0 Å². The van der Waals surface area contributed by atoms with Crippen molar-refractivity contribution in [1.82, 2.24) is 20.1 Å². The van der Waals surface area contributed by atoms with Gasteiger partial charge in [0.1, 0.15) is 6.04 Å². The van der Waals surface area contributed by atoms with E-state index in [0.29, 0.717) is 37.1 Å². The molecule has 0 radical (unpaired) electrons. The molecule has 0 saturated carbocycles. The third-order valence-electron chi connectivity index (χ3n) is 6.11. The summed E-state index contributed by atoms with van der Waals surface area (Å²) in [5.41, 5.74) is 3.55. The Morgan fingerprint density at radius 2 is 1.72 bits per heavy atom. The van der Waals surface area contributed by atoms with Crippen LogP contribution in [0.3, 0.4) is 0 Å².